The van der Waals surface area contributed by atoms with Crippen molar-refractivity contribution in [3.8, 4) is 5.88 Å². The van der Waals surface area contributed by atoms with Crippen molar-refractivity contribution >= 4 is 39.6 Å². The third kappa shape index (κ3) is 6.45. The van der Waals surface area contributed by atoms with Gasteiger partial charge in [-0.15, -0.1) is 0 Å². The van der Waals surface area contributed by atoms with E-state index in [0.717, 1.165) is 37.3 Å². The van der Waals surface area contributed by atoms with Crippen molar-refractivity contribution in [3.63, 3.8) is 0 Å². The number of carbonyl (C=O) groups excluding carboxylic acids is 1. The number of hydrogen-bond acceptors (Lipinski definition) is 7. The van der Waals surface area contributed by atoms with E-state index < -0.39 is 4.92 Å². The van der Waals surface area contributed by atoms with Crippen LogP contribution in [-0.4, -0.2) is 70.9 Å². The number of aromatic hydroxyl groups is 1. The minimum Gasteiger partial charge on any atom is -0.494 e. The topological polar surface area (TPSA) is 124 Å². The predicted molar refractivity (Wildman–Crippen MR) is 159 cm³/mol. The zero-order valence-corrected chi connectivity index (χ0v) is 23.0. The van der Waals surface area contributed by atoms with Crippen LogP contribution >= 0.6 is 0 Å². The second-order valence-corrected chi connectivity index (χ2v) is 9.93. The molecular formula is C31H33N5O5. The van der Waals surface area contributed by atoms with Gasteiger partial charge in [-0.3, -0.25) is 19.8 Å². The number of aliphatic imine (C=N–C) groups is 1. The van der Waals surface area contributed by atoms with Crippen LogP contribution in [0.1, 0.15) is 30.9 Å². The van der Waals surface area contributed by atoms with Crippen molar-refractivity contribution < 1.29 is 19.6 Å². The number of nitrogens with zero attached hydrogens (tertiary/aromatic N) is 4. The van der Waals surface area contributed by atoms with Crippen molar-refractivity contribution in [1.29, 1.82) is 0 Å². The first-order valence-electron chi connectivity index (χ1n) is 13.8. The quantitative estimate of drug-likeness (QED) is 0.153. The van der Waals surface area contributed by atoms with E-state index in [2.05, 4.69) is 9.88 Å². The minimum absolute atomic E-state index is 0.0762. The Bertz CT molecular complexity index is 1540. The zero-order valence-electron chi connectivity index (χ0n) is 23.0. The minimum atomic E-state index is -0.462. The molecule has 2 heterocycles. The van der Waals surface area contributed by atoms with E-state index in [-0.39, 0.29) is 17.5 Å². The number of anilines is 1. The summed E-state index contributed by atoms with van der Waals surface area (Å²) in [6.07, 6.45) is 1.23. The van der Waals surface area contributed by atoms with Crippen LogP contribution in [0.25, 0.3) is 10.9 Å². The molecule has 2 N–H and O–H groups in total. The molecule has 0 unspecified atom stereocenters. The van der Waals surface area contributed by atoms with E-state index in [1.54, 1.807) is 6.07 Å². The second-order valence-electron chi connectivity index (χ2n) is 9.93. The van der Waals surface area contributed by atoms with Crippen LogP contribution in [0.5, 0.6) is 5.88 Å². The number of ether oxygens (including phenoxy) is 1. The van der Waals surface area contributed by atoms with Gasteiger partial charge in [-0.05, 0) is 36.8 Å². The van der Waals surface area contributed by atoms with E-state index in [0.29, 0.717) is 54.0 Å². The lowest BCUT2D eigenvalue weighted by Crippen LogP contribution is -2.43. The van der Waals surface area contributed by atoms with Gasteiger partial charge in [-0.1, -0.05) is 37.3 Å². The second kappa shape index (κ2) is 12.8. The van der Waals surface area contributed by atoms with Crippen molar-refractivity contribution in [2.45, 2.75) is 19.8 Å². The largest absolute Gasteiger partial charge is 0.494 e. The molecule has 1 aliphatic heterocycles. The van der Waals surface area contributed by atoms with Gasteiger partial charge < -0.3 is 19.7 Å². The van der Waals surface area contributed by atoms with Gasteiger partial charge in [-0.2, -0.15) is 0 Å². The number of H-pyrrole nitrogens is 1. The molecule has 10 heteroatoms. The number of aromatic nitrogens is 1. The number of carbonyl (C=O) groups is 1. The summed E-state index contributed by atoms with van der Waals surface area (Å²) in [7, 11) is 0. The molecule has 0 atom stereocenters. The van der Waals surface area contributed by atoms with Crippen LogP contribution in [-0.2, 0) is 9.53 Å². The number of aromatic amines is 1. The van der Waals surface area contributed by atoms with Crippen LogP contribution < -0.4 is 4.90 Å². The average molecular weight is 556 g/mol. The van der Waals surface area contributed by atoms with E-state index in [9.17, 15) is 20.0 Å². The van der Waals surface area contributed by atoms with Crippen molar-refractivity contribution in [1.82, 2.24) is 9.88 Å². The van der Waals surface area contributed by atoms with Gasteiger partial charge in [0.15, 0.2) is 5.88 Å². The molecule has 0 radical (unpaired) electrons. The summed E-state index contributed by atoms with van der Waals surface area (Å²) in [6, 6.07) is 21.2. The summed E-state index contributed by atoms with van der Waals surface area (Å²) in [5.41, 5.74) is 3.48. The van der Waals surface area contributed by atoms with Crippen molar-refractivity contribution in [2.75, 3.05) is 44.3 Å². The fourth-order valence-electron chi connectivity index (χ4n) is 5.03. The number of nitro benzene ring substituents is 1. The molecule has 4 aromatic rings. The first-order chi connectivity index (χ1) is 19.9. The Labute approximate surface area is 238 Å². The Morgan fingerprint density at radius 3 is 2.51 bits per heavy atom. The lowest BCUT2D eigenvalue weighted by atomic mass is 10.0. The van der Waals surface area contributed by atoms with Crippen LogP contribution in [0, 0.1) is 10.1 Å². The number of morpholine rings is 1. The number of amides is 1. The highest BCUT2D eigenvalue weighted by molar-refractivity contribution is 6.22. The summed E-state index contributed by atoms with van der Waals surface area (Å²) in [6.45, 7) is 6.47. The Balaban J connectivity index is 1.50. The highest BCUT2D eigenvalue weighted by Gasteiger charge is 2.22. The molecule has 1 saturated heterocycles. The average Bonchev–Trinajstić information content (AvgIpc) is 3.32. The molecule has 0 spiro atoms. The van der Waals surface area contributed by atoms with Gasteiger partial charge in [0.2, 0.25) is 5.91 Å². The molecule has 0 bridgehead atoms. The number of rotatable bonds is 10. The maximum Gasteiger partial charge on any atom is 0.270 e. The highest BCUT2D eigenvalue weighted by Crippen LogP contribution is 2.34. The number of nitro groups is 1. The van der Waals surface area contributed by atoms with Crippen LogP contribution in [0.15, 0.2) is 77.8 Å². The van der Waals surface area contributed by atoms with Gasteiger partial charge in [-0.25, -0.2) is 4.99 Å². The van der Waals surface area contributed by atoms with Crippen LogP contribution in [0.4, 0.5) is 17.1 Å². The van der Waals surface area contributed by atoms with Gasteiger partial charge >= 0.3 is 0 Å². The molecule has 5 rings (SSSR count). The van der Waals surface area contributed by atoms with Crippen LogP contribution in [0.3, 0.4) is 0 Å². The van der Waals surface area contributed by atoms with E-state index in [1.807, 2.05) is 66.4 Å². The Morgan fingerprint density at radius 1 is 1.10 bits per heavy atom. The summed E-state index contributed by atoms with van der Waals surface area (Å²) in [5.74, 6) is -0.0496. The van der Waals surface area contributed by atoms with Crippen molar-refractivity contribution in [3.05, 3.63) is 94.0 Å². The van der Waals surface area contributed by atoms with Gasteiger partial charge in [0.1, 0.15) is 0 Å². The number of nitrogens with one attached hydrogen (secondary N) is 1. The van der Waals surface area contributed by atoms with E-state index in [4.69, 9.17) is 9.73 Å². The van der Waals surface area contributed by atoms with E-state index >= 15 is 0 Å². The molecular weight excluding hydrogens is 522 g/mol. The molecule has 1 amide bonds. The SMILES string of the molecule is CCCC(=O)N(CCN1CCOCC1)c1ccc(N=C(c2ccccc2)c2c(O)[nH]c3ccc([N+](=O)[O-])cc23)cc1. The highest BCUT2D eigenvalue weighted by atomic mass is 16.6. The Kier molecular flexibility index (Phi) is 8.71. The Morgan fingerprint density at radius 2 is 1.83 bits per heavy atom. The molecule has 1 aliphatic rings. The zero-order chi connectivity index (χ0) is 28.8. The molecule has 212 valence electrons. The third-order valence-corrected chi connectivity index (χ3v) is 7.17. The summed E-state index contributed by atoms with van der Waals surface area (Å²) in [5, 5.41) is 22.9. The number of fused-ring (bicyclic) bond motifs is 1. The Hall–Kier alpha value is -4.54. The lowest BCUT2D eigenvalue weighted by molar-refractivity contribution is -0.384. The third-order valence-electron chi connectivity index (χ3n) is 7.17. The summed E-state index contributed by atoms with van der Waals surface area (Å²) in [4.78, 5) is 36.0. The first kappa shape index (κ1) is 28.0. The molecule has 0 aliphatic carbocycles. The van der Waals surface area contributed by atoms with Gasteiger partial charge in [0.05, 0.1) is 35.1 Å². The molecule has 0 saturated carbocycles. The van der Waals surface area contributed by atoms with Gasteiger partial charge in [0, 0.05) is 66.9 Å². The van der Waals surface area contributed by atoms with E-state index in [1.165, 1.54) is 12.1 Å². The monoisotopic (exact) mass is 555 g/mol. The fourth-order valence-corrected chi connectivity index (χ4v) is 5.03. The first-order valence-corrected chi connectivity index (χ1v) is 13.8. The lowest BCUT2D eigenvalue weighted by Gasteiger charge is -2.30. The standard InChI is InChI=1S/C31H33N5O5/c1-2-6-28(37)35(16-15-34-17-19-41-20-18-34)24-11-9-23(10-12-24)32-30(22-7-4-3-5-8-22)29-26-21-25(36(39)40)13-14-27(26)33-31(29)38/h3-5,7-14,21,33,38H,2,6,15-20H2,1H3. The van der Waals surface area contributed by atoms with Gasteiger partial charge in [0.25, 0.3) is 5.69 Å². The number of non-ortho nitro benzene ring substituents is 1. The molecule has 1 aromatic heterocycles. The summed E-state index contributed by atoms with van der Waals surface area (Å²) >= 11 is 0. The normalized spacial score (nSPS) is 14.3. The maximum absolute atomic E-state index is 13.0. The van der Waals surface area contributed by atoms with Crippen molar-refractivity contribution in [2.24, 2.45) is 4.99 Å². The molecule has 3 aromatic carbocycles. The summed E-state index contributed by atoms with van der Waals surface area (Å²) < 4.78 is 5.45. The molecule has 1 fully saturated rings. The fraction of sp³-hybridized carbons (Fsp3) is 0.290. The van der Waals surface area contributed by atoms with Crippen LogP contribution in [0.2, 0.25) is 0 Å². The number of benzene rings is 3. The number of hydrogen-bond donors (Lipinski definition) is 2. The predicted octanol–water partition coefficient (Wildman–Crippen LogP) is 5.42. The maximum atomic E-state index is 13.0. The molecule has 41 heavy (non-hydrogen) atoms. The smallest absolute Gasteiger partial charge is 0.270 e. The molecule has 10 nitrogen and oxygen atoms in total.